The van der Waals surface area contributed by atoms with Crippen LogP contribution in [0.15, 0.2) is 0 Å². The summed E-state index contributed by atoms with van der Waals surface area (Å²) in [4.78, 5) is 16.4. The largest absolute Gasteiger partial charge is 0.337 e. The van der Waals surface area contributed by atoms with Crippen molar-refractivity contribution in [1.29, 1.82) is 0 Å². The zero-order valence-corrected chi connectivity index (χ0v) is 10.7. The third-order valence-corrected chi connectivity index (χ3v) is 4.73. The number of piperazine rings is 1. The molecule has 3 aliphatic heterocycles. The molecule has 4 nitrogen and oxygen atoms in total. The highest BCUT2D eigenvalue weighted by Gasteiger charge is 2.38. The van der Waals surface area contributed by atoms with Crippen molar-refractivity contribution in [3.63, 3.8) is 0 Å². The summed E-state index contributed by atoms with van der Waals surface area (Å²) in [6.07, 6.45) is 3.12. The highest BCUT2D eigenvalue weighted by atomic mass is 16.2. The van der Waals surface area contributed by atoms with Gasteiger partial charge in [-0.1, -0.05) is 6.92 Å². The first kappa shape index (κ1) is 11.5. The lowest BCUT2D eigenvalue weighted by Crippen LogP contribution is -2.58. The summed E-state index contributed by atoms with van der Waals surface area (Å²) >= 11 is 0. The molecule has 4 heteroatoms. The first-order chi connectivity index (χ1) is 8.25. The first-order valence-corrected chi connectivity index (χ1v) is 7.00. The molecule has 3 rings (SSSR count). The van der Waals surface area contributed by atoms with Gasteiger partial charge in [0.05, 0.1) is 0 Å². The fourth-order valence-electron chi connectivity index (χ4n) is 3.73. The molecule has 3 atom stereocenters. The van der Waals surface area contributed by atoms with E-state index < -0.39 is 0 Å². The number of carbonyl (C=O) groups is 1. The minimum Gasteiger partial charge on any atom is -0.337 e. The number of nitrogens with zero attached hydrogens (tertiary/aromatic N) is 2. The summed E-state index contributed by atoms with van der Waals surface area (Å²) in [5.41, 5.74) is 0. The van der Waals surface area contributed by atoms with Gasteiger partial charge in [-0.15, -0.1) is 0 Å². The van der Waals surface area contributed by atoms with Crippen molar-refractivity contribution in [3.05, 3.63) is 0 Å². The number of fused-ring (bicyclic) bond motifs is 1. The summed E-state index contributed by atoms with van der Waals surface area (Å²) in [5.74, 6) is 1.13. The van der Waals surface area contributed by atoms with Crippen LogP contribution in [0.1, 0.15) is 26.2 Å². The number of piperidine rings is 1. The molecule has 1 N–H and O–H groups in total. The van der Waals surface area contributed by atoms with Gasteiger partial charge in [0.25, 0.3) is 0 Å². The van der Waals surface area contributed by atoms with E-state index in [1.54, 1.807) is 0 Å². The fourth-order valence-corrected chi connectivity index (χ4v) is 3.73. The number of carbonyl (C=O) groups excluding carboxylic acids is 1. The predicted octanol–water partition coefficient (Wildman–Crippen LogP) is 0.291. The van der Waals surface area contributed by atoms with Gasteiger partial charge in [-0.3, -0.25) is 9.69 Å². The van der Waals surface area contributed by atoms with Crippen LogP contribution in [0.5, 0.6) is 0 Å². The van der Waals surface area contributed by atoms with Gasteiger partial charge in [-0.2, -0.15) is 0 Å². The Labute approximate surface area is 103 Å². The SMILES string of the molecule is CC1CNCCC1N1CCN2C(=O)CCC2C1. The van der Waals surface area contributed by atoms with Crippen LogP contribution in [0.3, 0.4) is 0 Å². The molecule has 0 spiro atoms. The van der Waals surface area contributed by atoms with Crippen molar-refractivity contribution in [2.75, 3.05) is 32.7 Å². The molecule has 96 valence electrons. The van der Waals surface area contributed by atoms with E-state index >= 15 is 0 Å². The minimum absolute atomic E-state index is 0.382. The van der Waals surface area contributed by atoms with Gasteiger partial charge in [0.1, 0.15) is 0 Å². The Morgan fingerprint density at radius 1 is 1.29 bits per heavy atom. The number of hydrogen-bond acceptors (Lipinski definition) is 3. The van der Waals surface area contributed by atoms with Crippen molar-refractivity contribution in [2.45, 2.75) is 38.3 Å². The predicted molar refractivity (Wildman–Crippen MR) is 66.7 cm³/mol. The summed E-state index contributed by atoms with van der Waals surface area (Å²) in [6.45, 7) is 7.80. The molecule has 3 saturated heterocycles. The van der Waals surface area contributed by atoms with E-state index in [4.69, 9.17) is 0 Å². The van der Waals surface area contributed by atoms with Gasteiger partial charge in [0.15, 0.2) is 0 Å². The molecule has 0 radical (unpaired) electrons. The molecular weight excluding hydrogens is 214 g/mol. The van der Waals surface area contributed by atoms with Crippen LogP contribution in [0.2, 0.25) is 0 Å². The van der Waals surface area contributed by atoms with Crippen molar-refractivity contribution >= 4 is 5.91 Å². The number of rotatable bonds is 1. The van der Waals surface area contributed by atoms with E-state index in [0.29, 0.717) is 11.9 Å². The first-order valence-electron chi connectivity index (χ1n) is 7.00. The lowest BCUT2D eigenvalue weighted by atomic mass is 9.92. The topological polar surface area (TPSA) is 35.6 Å². The number of nitrogens with one attached hydrogen (secondary N) is 1. The molecule has 3 aliphatic rings. The third kappa shape index (κ3) is 2.08. The van der Waals surface area contributed by atoms with Crippen LogP contribution in [0.4, 0.5) is 0 Å². The van der Waals surface area contributed by atoms with E-state index in [1.807, 2.05) is 0 Å². The summed E-state index contributed by atoms with van der Waals surface area (Å²) in [7, 11) is 0. The lowest BCUT2D eigenvalue weighted by molar-refractivity contribution is -0.131. The number of hydrogen-bond donors (Lipinski definition) is 1. The smallest absolute Gasteiger partial charge is 0.222 e. The standard InChI is InChI=1S/C13H23N3O/c1-10-8-14-5-4-12(10)15-6-7-16-11(9-15)2-3-13(16)17/h10-12,14H,2-9H2,1H3. The Bertz CT molecular complexity index is 307. The molecule has 1 amide bonds. The van der Waals surface area contributed by atoms with E-state index in [0.717, 1.165) is 57.5 Å². The Morgan fingerprint density at radius 2 is 2.18 bits per heavy atom. The maximum Gasteiger partial charge on any atom is 0.222 e. The Morgan fingerprint density at radius 3 is 3.00 bits per heavy atom. The van der Waals surface area contributed by atoms with Gasteiger partial charge < -0.3 is 10.2 Å². The Kier molecular flexibility index (Phi) is 3.09. The molecular formula is C13H23N3O. The normalized spacial score (nSPS) is 39.5. The van der Waals surface area contributed by atoms with Crippen LogP contribution in [0, 0.1) is 5.92 Å². The second-order valence-electron chi connectivity index (χ2n) is 5.81. The van der Waals surface area contributed by atoms with Gasteiger partial charge in [-0.05, 0) is 31.8 Å². The van der Waals surface area contributed by atoms with E-state index in [1.165, 1.54) is 6.42 Å². The van der Waals surface area contributed by atoms with Crippen LogP contribution in [-0.4, -0.2) is 60.5 Å². The van der Waals surface area contributed by atoms with Crippen LogP contribution >= 0.6 is 0 Å². The van der Waals surface area contributed by atoms with Crippen LogP contribution < -0.4 is 5.32 Å². The molecule has 3 fully saturated rings. The van der Waals surface area contributed by atoms with Crippen LogP contribution in [-0.2, 0) is 4.79 Å². The zero-order valence-electron chi connectivity index (χ0n) is 10.7. The van der Waals surface area contributed by atoms with Crippen molar-refractivity contribution in [1.82, 2.24) is 15.1 Å². The third-order valence-electron chi connectivity index (χ3n) is 4.73. The maximum atomic E-state index is 11.7. The monoisotopic (exact) mass is 237 g/mol. The molecule has 0 aromatic rings. The fraction of sp³-hybridized carbons (Fsp3) is 0.923. The Hall–Kier alpha value is -0.610. The van der Waals surface area contributed by atoms with Crippen molar-refractivity contribution in [2.24, 2.45) is 5.92 Å². The van der Waals surface area contributed by atoms with Crippen LogP contribution in [0.25, 0.3) is 0 Å². The van der Waals surface area contributed by atoms with Gasteiger partial charge in [0, 0.05) is 38.1 Å². The zero-order chi connectivity index (χ0) is 11.8. The molecule has 0 aromatic heterocycles. The van der Waals surface area contributed by atoms with Gasteiger partial charge in [0.2, 0.25) is 5.91 Å². The quantitative estimate of drug-likeness (QED) is 0.712. The molecule has 0 aliphatic carbocycles. The summed E-state index contributed by atoms with van der Waals surface area (Å²) in [6, 6.07) is 1.24. The average molecular weight is 237 g/mol. The minimum atomic E-state index is 0.382. The van der Waals surface area contributed by atoms with E-state index in [9.17, 15) is 4.79 Å². The summed E-state index contributed by atoms with van der Waals surface area (Å²) in [5, 5.41) is 3.47. The van der Waals surface area contributed by atoms with Gasteiger partial charge >= 0.3 is 0 Å². The van der Waals surface area contributed by atoms with Gasteiger partial charge in [-0.25, -0.2) is 0 Å². The molecule has 3 unspecified atom stereocenters. The van der Waals surface area contributed by atoms with E-state index in [2.05, 4.69) is 22.0 Å². The second-order valence-corrected chi connectivity index (χ2v) is 5.81. The number of amides is 1. The molecule has 0 bridgehead atoms. The van der Waals surface area contributed by atoms with Crippen molar-refractivity contribution in [3.8, 4) is 0 Å². The highest BCUT2D eigenvalue weighted by molar-refractivity contribution is 5.78. The molecule has 3 heterocycles. The van der Waals surface area contributed by atoms with E-state index in [-0.39, 0.29) is 0 Å². The Balaban J connectivity index is 1.64. The van der Waals surface area contributed by atoms with Crippen molar-refractivity contribution < 1.29 is 4.79 Å². The highest BCUT2D eigenvalue weighted by Crippen LogP contribution is 2.27. The average Bonchev–Trinajstić information content (AvgIpc) is 2.71. The molecule has 0 saturated carbocycles. The molecule has 17 heavy (non-hydrogen) atoms. The second kappa shape index (κ2) is 4.58. The summed E-state index contributed by atoms with van der Waals surface area (Å²) < 4.78 is 0. The maximum absolute atomic E-state index is 11.7. The molecule has 0 aromatic carbocycles. The lowest BCUT2D eigenvalue weighted by Gasteiger charge is -2.45.